The van der Waals surface area contributed by atoms with E-state index in [4.69, 9.17) is 20.9 Å². The molecule has 12 nitrogen and oxygen atoms in total. The molecule has 8 N–H and O–H groups in total. The van der Waals surface area contributed by atoms with Crippen molar-refractivity contribution in [3.05, 3.63) is 36.4 Å². The largest absolute Gasteiger partial charge is 0.444 e. The fourth-order valence-electron chi connectivity index (χ4n) is 3.37. The number of hydrogen-bond donors (Lipinski definition) is 6. The molecule has 0 aliphatic heterocycles. The van der Waals surface area contributed by atoms with Crippen LogP contribution >= 0.6 is 0 Å². The number of carbonyl (C=O) groups is 4. The van der Waals surface area contributed by atoms with Crippen molar-refractivity contribution >= 4 is 58.1 Å². The van der Waals surface area contributed by atoms with E-state index in [1.165, 1.54) is 12.1 Å². The summed E-state index contributed by atoms with van der Waals surface area (Å²) >= 11 is 0. The van der Waals surface area contributed by atoms with Gasteiger partial charge in [0.1, 0.15) is 11.2 Å². The summed E-state index contributed by atoms with van der Waals surface area (Å²) < 4.78 is 10.5. The molecule has 0 unspecified atom stereocenters. The number of unbranched alkanes of at least 4 members (excludes halogenated alkanes) is 1. The van der Waals surface area contributed by atoms with Crippen molar-refractivity contribution in [1.29, 1.82) is 0 Å². The van der Waals surface area contributed by atoms with Crippen molar-refractivity contribution < 1.29 is 28.7 Å². The molecule has 0 saturated carbocycles. The number of nitrogen functional groups attached to an aromatic ring is 2. The molecule has 2 aromatic rings. The molecule has 0 heterocycles. The van der Waals surface area contributed by atoms with E-state index < -0.39 is 23.4 Å². The van der Waals surface area contributed by atoms with Gasteiger partial charge in [-0.2, -0.15) is 0 Å². The molecule has 218 valence electrons. The Bertz CT molecular complexity index is 1230. The van der Waals surface area contributed by atoms with Crippen molar-refractivity contribution in [2.45, 2.75) is 78.4 Å². The van der Waals surface area contributed by atoms with Crippen molar-refractivity contribution in [2.75, 3.05) is 32.7 Å². The lowest BCUT2D eigenvalue weighted by Crippen LogP contribution is -2.27. The summed E-state index contributed by atoms with van der Waals surface area (Å²) in [6, 6.07) is 9.41. The first-order valence-electron chi connectivity index (χ1n) is 12.9. The molecule has 0 fully saturated rings. The van der Waals surface area contributed by atoms with Gasteiger partial charge in [-0.25, -0.2) is 9.59 Å². The molecule has 0 bridgehead atoms. The first-order valence-corrected chi connectivity index (χ1v) is 12.9. The zero-order chi connectivity index (χ0) is 30.1. The maximum atomic E-state index is 12.5. The Labute approximate surface area is 234 Å². The third kappa shape index (κ3) is 11.9. The quantitative estimate of drug-likeness (QED) is 0.168. The average Bonchev–Trinajstić information content (AvgIpc) is 2.78. The fourth-order valence-corrected chi connectivity index (χ4v) is 3.37. The number of amides is 4. The van der Waals surface area contributed by atoms with E-state index >= 15 is 0 Å². The van der Waals surface area contributed by atoms with Gasteiger partial charge in [-0.05, 0) is 90.8 Å². The average molecular weight is 557 g/mol. The van der Waals surface area contributed by atoms with E-state index in [0.717, 1.165) is 0 Å². The zero-order valence-electron chi connectivity index (χ0n) is 23.9. The van der Waals surface area contributed by atoms with Crippen LogP contribution in [0.2, 0.25) is 0 Å². The highest BCUT2D eigenvalue weighted by molar-refractivity contribution is 5.99. The third-order valence-electron chi connectivity index (χ3n) is 4.96. The Morgan fingerprint density at radius 1 is 0.600 bits per heavy atom. The van der Waals surface area contributed by atoms with Crippen LogP contribution in [0.25, 0.3) is 0 Å². The van der Waals surface area contributed by atoms with Crippen LogP contribution in [-0.2, 0) is 19.1 Å². The van der Waals surface area contributed by atoms with Crippen LogP contribution < -0.4 is 32.7 Å². The fraction of sp³-hybridized carbons (Fsp3) is 0.429. The second kappa shape index (κ2) is 13.5. The van der Waals surface area contributed by atoms with Crippen LogP contribution in [0.3, 0.4) is 0 Å². The van der Waals surface area contributed by atoms with Gasteiger partial charge in [0, 0.05) is 24.2 Å². The van der Waals surface area contributed by atoms with Crippen LogP contribution in [0.4, 0.5) is 43.7 Å². The first-order chi connectivity index (χ1) is 18.5. The first kappa shape index (κ1) is 31.7. The van der Waals surface area contributed by atoms with Crippen LogP contribution in [-0.4, -0.2) is 35.2 Å². The predicted octanol–water partition coefficient (Wildman–Crippen LogP) is 5.68. The third-order valence-corrected chi connectivity index (χ3v) is 4.96. The van der Waals surface area contributed by atoms with E-state index in [-0.39, 0.29) is 24.7 Å². The Kier molecular flexibility index (Phi) is 10.7. The maximum Gasteiger partial charge on any atom is 0.412 e. The van der Waals surface area contributed by atoms with Gasteiger partial charge in [0.15, 0.2) is 0 Å². The van der Waals surface area contributed by atoms with E-state index in [1.54, 1.807) is 65.8 Å². The van der Waals surface area contributed by atoms with Crippen molar-refractivity contribution in [3.63, 3.8) is 0 Å². The number of hydrogen-bond acceptors (Lipinski definition) is 8. The molecule has 40 heavy (non-hydrogen) atoms. The molecule has 0 aromatic heterocycles. The number of benzene rings is 2. The molecule has 2 rings (SSSR count). The summed E-state index contributed by atoms with van der Waals surface area (Å²) in [4.78, 5) is 49.4. The number of rotatable bonds is 9. The summed E-state index contributed by atoms with van der Waals surface area (Å²) in [6.07, 6.45) is -0.188. The molecule has 0 atom stereocenters. The molecule has 0 radical (unpaired) electrons. The maximum absolute atomic E-state index is 12.5. The Balaban J connectivity index is 1.87. The van der Waals surface area contributed by atoms with E-state index in [2.05, 4.69) is 21.3 Å². The molecule has 2 aromatic carbocycles. The molecular weight excluding hydrogens is 516 g/mol. The van der Waals surface area contributed by atoms with Crippen LogP contribution in [0, 0.1) is 0 Å². The summed E-state index contributed by atoms with van der Waals surface area (Å²) in [5, 5.41) is 10.7. The van der Waals surface area contributed by atoms with Crippen LogP contribution in [0.5, 0.6) is 0 Å². The summed E-state index contributed by atoms with van der Waals surface area (Å²) in [5.41, 5.74) is 12.5. The van der Waals surface area contributed by atoms with E-state index in [1.807, 2.05) is 0 Å². The lowest BCUT2D eigenvalue weighted by Gasteiger charge is -2.21. The summed E-state index contributed by atoms with van der Waals surface area (Å²) in [6.45, 7) is 10.5. The van der Waals surface area contributed by atoms with Gasteiger partial charge in [-0.15, -0.1) is 0 Å². The Morgan fingerprint density at radius 3 is 1.38 bits per heavy atom. The van der Waals surface area contributed by atoms with Gasteiger partial charge < -0.3 is 31.6 Å². The number of nitrogens with one attached hydrogen (secondary N) is 4. The van der Waals surface area contributed by atoms with Gasteiger partial charge in [-0.1, -0.05) is 0 Å². The second-order valence-electron chi connectivity index (χ2n) is 11.2. The number of nitrogens with two attached hydrogens (primary N) is 2. The molecule has 0 aliphatic carbocycles. The summed E-state index contributed by atoms with van der Waals surface area (Å²) in [5.74, 6) is -0.599. The highest BCUT2D eigenvalue weighted by atomic mass is 16.6. The number of carbonyl (C=O) groups excluding carboxylic acids is 4. The van der Waals surface area contributed by atoms with Crippen molar-refractivity contribution in [1.82, 2.24) is 0 Å². The van der Waals surface area contributed by atoms with Gasteiger partial charge in [0.05, 0.1) is 22.7 Å². The lowest BCUT2D eigenvalue weighted by atomic mass is 10.1. The van der Waals surface area contributed by atoms with Crippen molar-refractivity contribution in [3.8, 4) is 0 Å². The highest BCUT2D eigenvalue weighted by Gasteiger charge is 2.19. The topological polar surface area (TPSA) is 187 Å². The Morgan fingerprint density at radius 2 is 0.950 bits per heavy atom. The minimum absolute atomic E-state index is 0.140. The smallest absolute Gasteiger partial charge is 0.412 e. The molecule has 12 heteroatoms. The second-order valence-corrected chi connectivity index (χ2v) is 11.2. The SMILES string of the molecule is CC(C)(C)OC(=O)Nc1ccc(N)cc1NC(=O)CCCCC(=O)Nc1ccc(N)cc1NC(=O)OC(C)(C)C. The number of anilines is 6. The Hall–Kier alpha value is -4.48. The summed E-state index contributed by atoms with van der Waals surface area (Å²) in [7, 11) is 0. The van der Waals surface area contributed by atoms with Crippen LogP contribution in [0.1, 0.15) is 67.2 Å². The minimum Gasteiger partial charge on any atom is -0.444 e. The van der Waals surface area contributed by atoms with Gasteiger partial charge in [0.2, 0.25) is 11.8 Å². The standard InChI is InChI=1S/C28H40N6O6/c1-27(2,3)39-25(37)33-20-14-12-17(29)15-21(20)32-24(36)10-8-7-9-23(35)31-19-13-11-18(30)16-22(19)34-26(38)40-28(4,5)6/h11-16H,7-10,29-30H2,1-6H3,(H,31,35)(H,32,36)(H,33,37)(H,34,38). The lowest BCUT2D eigenvalue weighted by molar-refractivity contribution is -0.118. The minimum atomic E-state index is -0.691. The van der Waals surface area contributed by atoms with Crippen LogP contribution in [0.15, 0.2) is 36.4 Å². The predicted molar refractivity (Wildman–Crippen MR) is 157 cm³/mol. The van der Waals surface area contributed by atoms with Gasteiger partial charge in [-0.3, -0.25) is 20.2 Å². The highest BCUT2D eigenvalue weighted by Crippen LogP contribution is 2.27. The molecule has 4 amide bonds. The zero-order valence-corrected chi connectivity index (χ0v) is 23.9. The monoisotopic (exact) mass is 556 g/mol. The number of ether oxygens (including phenoxy) is 2. The molecule has 0 saturated heterocycles. The molecule has 0 aliphatic rings. The molecule has 0 spiro atoms. The molecular formula is C28H40N6O6. The van der Waals surface area contributed by atoms with E-state index in [9.17, 15) is 19.2 Å². The van der Waals surface area contributed by atoms with Gasteiger partial charge >= 0.3 is 12.2 Å². The van der Waals surface area contributed by atoms with E-state index in [0.29, 0.717) is 47.0 Å². The normalized spacial score (nSPS) is 11.2. The van der Waals surface area contributed by atoms with Crippen molar-refractivity contribution in [2.24, 2.45) is 0 Å². The van der Waals surface area contributed by atoms with Gasteiger partial charge in [0.25, 0.3) is 0 Å².